The van der Waals surface area contributed by atoms with Crippen LogP contribution in [-0.2, 0) is 4.74 Å². The summed E-state index contributed by atoms with van der Waals surface area (Å²) >= 11 is 0. The Bertz CT molecular complexity index is 234. The Kier molecular flexibility index (Phi) is 5.20. The minimum atomic E-state index is 0.777. The van der Waals surface area contributed by atoms with E-state index >= 15 is 0 Å². The summed E-state index contributed by atoms with van der Waals surface area (Å²) < 4.78 is 5.24. The molecule has 0 amide bonds. The van der Waals surface area contributed by atoms with Gasteiger partial charge in [-0.05, 0) is 19.4 Å². The van der Waals surface area contributed by atoms with Crippen molar-refractivity contribution in [3.8, 4) is 0 Å². The fourth-order valence-electron chi connectivity index (χ4n) is 1.16. The molecule has 1 rings (SSSR count). The maximum absolute atomic E-state index is 5.24. The summed E-state index contributed by atoms with van der Waals surface area (Å²) in [5, 5.41) is 0. The van der Waals surface area contributed by atoms with Gasteiger partial charge >= 0.3 is 0 Å². The largest absolute Gasteiger partial charge is 0.494 e. The Morgan fingerprint density at radius 3 is 2.15 bits per heavy atom. The second kappa shape index (κ2) is 5.63. The monoisotopic (exact) mass is 180 g/mol. The average Bonchev–Trinajstić information content (AvgIpc) is 2.53. The van der Waals surface area contributed by atoms with Crippen molar-refractivity contribution in [3.63, 3.8) is 0 Å². The van der Waals surface area contributed by atoms with Gasteiger partial charge in [0.2, 0.25) is 0 Å². The van der Waals surface area contributed by atoms with Gasteiger partial charge in [-0.3, -0.25) is 0 Å². The molecule has 1 saturated heterocycles. The van der Waals surface area contributed by atoms with Crippen molar-refractivity contribution >= 4 is 0 Å². The van der Waals surface area contributed by atoms with E-state index in [-0.39, 0.29) is 0 Å². The third-order valence-corrected chi connectivity index (χ3v) is 2.06. The van der Waals surface area contributed by atoms with E-state index in [2.05, 4.69) is 20.1 Å². The highest BCUT2D eigenvalue weighted by molar-refractivity contribution is 5.40. The predicted molar refractivity (Wildman–Crippen MR) is 58.6 cm³/mol. The molecule has 1 heteroatoms. The van der Waals surface area contributed by atoms with Gasteiger partial charge in [-0.1, -0.05) is 32.6 Å². The highest BCUT2D eigenvalue weighted by atomic mass is 16.5. The molecule has 1 aliphatic heterocycles. The van der Waals surface area contributed by atoms with E-state index in [1.54, 1.807) is 0 Å². The van der Waals surface area contributed by atoms with Crippen molar-refractivity contribution in [2.24, 2.45) is 0 Å². The fourth-order valence-corrected chi connectivity index (χ4v) is 1.16. The summed E-state index contributed by atoms with van der Waals surface area (Å²) in [5.41, 5.74) is 3.57. The van der Waals surface area contributed by atoms with Crippen molar-refractivity contribution in [2.75, 3.05) is 6.61 Å². The highest BCUT2D eigenvalue weighted by Crippen LogP contribution is 2.27. The number of ether oxygens (including phenoxy) is 1. The van der Waals surface area contributed by atoms with Gasteiger partial charge in [0.15, 0.2) is 0 Å². The van der Waals surface area contributed by atoms with Crippen LogP contribution in [0.4, 0.5) is 0 Å². The highest BCUT2D eigenvalue weighted by Gasteiger charge is 2.15. The minimum Gasteiger partial charge on any atom is -0.494 e. The standard InChI is InChI=1S/C10H14O.C2H6/c1-7(2)8(3)10-5-6-11-9(10)4;1-2/h1,4-6H2,2-3H3;1-2H3/b10-8-;. The lowest BCUT2D eigenvalue weighted by Crippen LogP contribution is -1.86. The molecule has 0 spiro atoms. The Morgan fingerprint density at radius 1 is 1.31 bits per heavy atom. The average molecular weight is 180 g/mol. The van der Waals surface area contributed by atoms with Gasteiger partial charge < -0.3 is 4.74 Å². The topological polar surface area (TPSA) is 9.23 Å². The number of hydrogen-bond donors (Lipinski definition) is 0. The molecule has 74 valence electrons. The van der Waals surface area contributed by atoms with E-state index in [4.69, 9.17) is 4.74 Å². The normalized spacial score (nSPS) is 18.6. The number of rotatable bonds is 1. The molecule has 0 N–H and O–H groups in total. The molecule has 0 unspecified atom stereocenters. The summed E-state index contributed by atoms with van der Waals surface area (Å²) in [4.78, 5) is 0. The maximum atomic E-state index is 5.24. The van der Waals surface area contributed by atoms with Crippen LogP contribution in [0.15, 0.2) is 35.6 Å². The fraction of sp³-hybridized carbons (Fsp3) is 0.500. The SMILES string of the molecule is C=C(C)/C(C)=C1/CCOC1=C.CC. The van der Waals surface area contributed by atoms with E-state index in [0.29, 0.717) is 0 Å². The van der Waals surface area contributed by atoms with Crippen LogP contribution in [0.5, 0.6) is 0 Å². The molecule has 0 atom stereocenters. The lowest BCUT2D eigenvalue weighted by molar-refractivity contribution is 0.267. The quantitative estimate of drug-likeness (QED) is 0.595. The van der Waals surface area contributed by atoms with Gasteiger partial charge in [0.05, 0.1) is 6.61 Å². The molecule has 0 saturated carbocycles. The molecule has 0 aromatic rings. The molecular formula is C12H20O. The lowest BCUT2D eigenvalue weighted by Gasteiger charge is -2.03. The molecular weight excluding hydrogens is 160 g/mol. The Morgan fingerprint density at radius 2 is 1.85 bits per heavy atom. The van der Waals surface area contributed by atoms with Crippen molar-refractivity contribution in [2.45, 2.75) is 34.1 Å². The van der Waals surface area contributed by atoms with Crippen LogP contribution in [-0.4, -0.2) is 6.61 Å². The van der Waals surface area contributed by atoms with Gasteiger partial charge in [-0.15, -0.1) is 0 Å². The van der Waals surface area contributed by atoms with Crippen LogP contribution in [0, 0.1) is 0 Å². The van der Waals surface area contributed by atoms with Gasteiger partial charge in [0.25, 0.3) is 0 Å². The molecule has 13 heavy (non-hydrogen) atoms. The Labute approximate surface area is 81.8 Å². The molecule has 1 nitrogen and oxygen atoms in total. The van der Waals surface area contributed by atoms with E-state index in [1.165, 1.54) is 11.1 Å². The molecule has 0 aromatic heterocycles. The molecule has 1 aliphatic rings. The van der Waals surface area contributed by atoms with Crippen molar-refractivity contribution < 1.29 is 4.74 Å². The first-order valence-corrected chi connectivity index (χ1v) is 4.80. The van der Waals surface area contributed by atoms with Crippen molar-refractivity contribution in [3.05, 3.63) is 35.6 Å². The first-order valence-electron chi connectivity index (χ1n) is 4.80. The number of allylic oxidation sites excluding steroid dienone is 3. The first-order chi connectivity index (χ1) is 6.13. The minimum absolute atomic E-state index is 0.777. The van der Waals surface area contributed by atoms with Gasteiger partial charge in [-0.2, -0.15) is 0 Å². The molecule has 1 heterocycles. The maximum Gasteiger partial charge on any atom is 0.115 e. The molecule has 0 bridgehead atoms. The Balaban J connectivity index is 0.000000671. The van der Waals surface area contributed by atoms with E-state index < -0.39 is 0 Å². The van der Waals surface area contributed by atoms with Crippen LogP contribution >= 0.6 is 0 Å². The van der Waals surface area contributed by atoms with Crippen LogP contribution in [0.2, 0.25) is 0 Å². The first kappa shape index (κ1) is 12.0. The molecule has 1 fully saturated rings. The smallest absolute Gasteiger partial charge is 0.115 e. The lowest BCUT2D eigenvalue weighted by atomic mass is 10.0. The summed E-state index contributed by atoms with van der Waals surface area (Å²) in [7, 11) is 0. The molecule has 0 aliphatic carbocycles. The second-order valence-electron chi connectivity index (χ2n) is 2.91. The third kappa shape index (κ3) is 3.10. The van der Waals surface area contributed by atoms with E-state index in [9.17, 15) is 0 Å². The zero-order chi connectivity index (χ0) is 10.4. The predicted octanol–water partition coefficient (Wildman–Crippen LogP) is 3.84. The second-order valence-corrected chi connectivity index (χ2v) is 2.91. The zero-order valence-corrected chi connectivity index (χ0v) is 9.24. The summed E-state index contributed by atoms with van der Waals surface area (Å²) in [6.07, 6.45) is 0.984. The third-order valence-electron chi connectivity index (χ3n) is 2.06. The summed E-state index contributed by atoms with van der Waals surface area (Å²) in [5.74, 6) is 0.825. The Hall–Kier alpha value is -0.980. The number of hydrogen-bond acceptors (Lipinski definition) is 1. The van der Waals surface area contributed by atoms with E-state index in [0.717, 1.165) is 24.4 Å². The van der Waals surface area contributed by atoms with Crippen LogP contribution in [0.1, 0.15) is 34.1 Å². The molecule has 0 aromatic carbocycles. The van der Waals surface area contributed by atoms with Crippen LogP contribution in [0.25, 0.3) is 0 Å². The van der Waals surface area contributed by atoms with Crippen molar-refractivity contribution in [1.29, 1.82) is 0 Å². The van der Waals surface area contributed by atoms with Gasteiger partial charge in [-0.25, -0.2) is 0 Å². The zero-order valence-electron chi connectivity index (χ0n) is 9.24. The van der Waals surface area contributed by atoms with Crippen LogP contribution in [0.3, 0.4) is 0 Å². The van der Waals surface area contributed by atoms with Gasteiger partial charge in [0, 0.05) is 12.0 Å². The summed E-state index contributed by atoms with van der Waals surface area (Å²) in [6, 6.07) is 0. The molecule has 0 radical (unpaired) electrons. The van der Waals surface area contributed by atoms with Gasteiger partial charge in [0.1, 0.15) is 5.76 Å². The van der Waals surface area contributed by atoms with E-state index in [1.807, 2.05) is 20.8 Å². The van der Waals surface area contributed by atoms with Crippen molar-refractivity contribution in [1.82, 2.24) is 0 Å². The summed E-state index contributed by atoms with van der Waals surface area (Å²) in [6.45, 7) is 16.5. The van der Waals surface area contributed by atoms with Crippen LogP contribution < -0.4 is 0 Å².